The fraction of sp³-hybridized carbons (Fsp3) is 0.435. The van der Waals surface area contributed by atoms with Crippen molar-refractivity contribution < 1.29 is 24.0 Å². The van der Waals surface area contributed by atoms with Crippen LogP contribution in [0.5, 0.6) is 0 Å². The maximum absolute atomic E-state index is 13.7. The molecule has 6 aliphatic heterocycles. The number of pyridine rings is 1. The maximum atomic E-state index is 13.7. The SMILES string of the molecule is CC1=C(C(=O)Nc2ccc3[nH]nc(-c4ccnc(N5CCN(CC6CN(C7CCN(c8ccc9c(c8)C(=O)N(C8CCC(=O)NC8=O)C9=O)CC7)C6)CC5)c4)c3c2)C(C)n2nnnc2N1C. The van der Waals surface area contributed by atoms with Gasteiger partial charge in [-0.3, -0.25) is 49.1 Å². The highest BCUT2D eigenvalue weighted by molar-refractivity contribution is 6.23. The van der Waals surface area contributed by atoms with Crippen LogP contribution < -0.4 is 25.3 Å². The predicted octanol–water partition coefficient (Wildman–Crippen LogP) is 2.66. The van der Waals surface area contributed by atoms with Gasteiger partial charge in [-0.2, -0.15) is 5.10 Å². The van der Waals surface area contributed by atoms with Crippen molar-refractivity contribution in [2.75, 3.05) is 86.0 Å². The molecule has 0 bridgehead atoms. The van der Waals surface area contributed by atoms with E-state index in [-0.39, 0.29) is 30.7 Å². The van der Waals surface area contributed by atoms with Gasteiger partial charge in [-0.05, 0) is 98.0 Å². The molecule has 11 rings (SSSR count). The number of nitrogens with one attached hydrogen (secondary N) is 3. The number of fused-ring (bicyclic) bond motifs is 3. The van der Waals surface area contributed by atoms with Crippen LogP contribution in [-0.2, 0) is 14.4 Å². The molecule has 340 valence electrons. The van der Waals surface area contributed by atoms with Gasteiger partial charge in [0, 0.05) is 113 Å². The lowest BCUT2D eigenvalue weighted by Gasteiger charge is -2.49. The Morgan fingerprint density at radius 2 is 1.67 bits per heavy atom. The Morgan fingerprint density at radius 1 is 0.879 bits per heavy atom. The van der Waals surface area contributed by atoms with Crippen LogP contribution in [0.1, 0.15) is 66.3 Å². The average Bonchev–Trinajstić information content (AvgIpc) is 4.04. The van der Waals surface area contributed by atoms with Crippen molar-refractivity contribution in [3.63, 3.8) is 0 Å². The van der Waals surface area contributed by atoms with Crippen LogP contribution in [0.4, 0.5) is 23.1 Å². The lowest BCUT2D eigenvalue weighted by molar-refractivity contribution is -0.136. The van der Waals surface area contributed by atoms with Gasteiger partial charge in [0.1, 0.15) is 17.6 Å². The van der Waals surface area contributed by atoms with E-state index in [0.717, 1.165) is 116 Å². The molecule has 2 atom stereocenters. The number of imide groups is 2. The summed E-state index contributed by atoms with van der Waals surface area (Å²) in [7, 11) is 1.85. The first kappa shape index (κ1) is 41.6. The zero-order valence-electron chi connectivity index (χ0n) is 37.1. The summed E-state index contributed by atoms with van der Waals surface area (Å²) in [6, 6.07) is 14.4. The highest BCUT2D eigenvalue weighted by atomic mass is 16.2. The van der Waals surface area contributed by atoms with Crippen LogP contribution in [0.3, 0.4) is 0 Å². The van der Waals surface area contributed by atoms with Gasteiger partial charge in [-0.1, -0.05) is 5.10 Å². The van der Waals surface area contributed by atoms with Gasteiger partial charge in [-0.15, -0.1) is 0 Å². The molecule has 0 aliphatic carbocycles. The molecule has 4 saturated heterocycles. The molecule has 5 amide bonds. The smallest absolute Gasteiger partial charge is 0.262 e. The summed E-state index contributed by atoms with van der Waals surface area (Å²) in [4.78, 5) is 81.8. The molecular formula is C46H51N15O5. The number of aromatic nitrogens is 7. The first-order valence-electron chi connectivity index (χ1n) is 22.8. The number of piperazine rings is 1. The number of tetrazole rings is 1. The number of rotatable bonds is 9. The minimum absolute atomic E-state index is 0.0959. The molecule has 0 saturated carbocycles. The number of hydrogen-bond donors (Lipinski definition) is 3. The number of H-pyrrole nitrogens is 1. The minimum Gasteiger partial charge on any atom is -0.371 e. The number of carbonyl (C=O) groups is 5. The molecular weight excluding hydrogens is 843 g/mol. The van der Waals surface area contributed by atoms with E-state index in [1.54, 1.807) is 16.8 Å². The highest BCUT2D eigenvalue weighted by Gasteiger charge is 2.45. The molecule has 2 unspecified atom stereocenters. The Labute approximate surface area is 379 Å². The van der Waals surface area contributed by atoms with E-state index in [9.17, 15) is 24.0 Å². The number of anilines is 4. The second kappa shape index (κ2) is 16.4. The number of aromatic amines is 1. The third-order valence-corrected chi connectivity index (χ3v) is 14.5. The van der Waals surface area contributed by atoms with Crippen LogP contribution >= 0.6 is 0 Å². The van der Waals surface area contributed by atoms with E-state index in [2.05, 4.69) is 62.0 Å². The number of likely N-dealkylation sites (tertiary alicyclic amines) is 1. The third kappa shape index (κ3) is 7.23. The van der Waals surface area contributed by atoms with Gasteiger partial charge >= 0.3 is 0 Å². The lowest BCUT2D eigenvalue weighted by Crippen LogP contribution is -2.59. The quantitative estimate of drug-likeness (QED) is 0.182. The van der Waals surface area contributed by atoms with E-state index in [4.69, 9.17) is 4.98 Å². The van der Waals surface area contributed by atoms with Crippen LogP contribution in [0.25, 0.3) is 22.2 Å². The normalized spacial score (nSPS) is 22.3. The van der Waals surface area contributed by atoms with Crippen molar-refractivity contribution in [1.29, 1.82) is 0 Å². The highest BCUT2D eigenvalue weighted by Crippen LogP contribution is 2.36. The number of allylic oxidation sites excluding steroid dienone is 1. The van der Waals surface area contributed by atoms with E-state index in [1.165, 1.54) is 0 Å². The molecule has 20 heteroatoms. The Hall–Kier alpha value is -7.06. The van der Waals surface area contributed by atoms with Crippen LogP contribution in [0.2, 0.25) is 0 Å². The van der Waals surface area contributed by atoms with Crippen molar-refractivity contribution in [2.45, 2.75) is 57.7 Å². The predicted molar refractivity (Wildman–Crippen MR) is 244 cm³/mol. The summed E-state index contributed by atoms with van der Waals surface area (Å²) in [6.45, 7) is 12.5. The van der Waals surface area contributed by atoms with Crippen molar-refractivity contribution in [3.05, 3.63) is 77.1 Å². The topological polar surface area (TPSA) is 214 Å². The number of benzene rings is 2. The number of carbonyl (C=O) groups excluding carboxylic acids is 5. The molecule has 3 aromatic heterocycles. The van der Waals surface area contributed by atoms with Gasteiger partial charge in [-0.25, -0.2) is 9.67 Å². The fourth-order valence-corrected chi connectivity index (χ4v) is 10.7. The van der Waals surface area contributed by atoms with Crippen molar-refractivity contribution in [3.8, 4) is 11.3 Å². The van der Waals surface area contributed by atoms with E-state index in [1.807, 2.05) is 62.3 Å². The van der Waals surface area contributed by atoms with Crippen molar-refractivity contribution in [1.82, 2.24) is 55.4 Å². The molecule has 4 fully saturated rings. The summed E-state index contributed by atoms with van der Waals surface area (Å²) >= 11 is 0. The van der Waals surface area contributed by atoms with Crippen LogP contribution in [0, 0.1) is 5.92 Å². The fourth-order valence-electron chi connectivity index (χ4n) is 10.7. The summed E-state index contributed by atoms with van der Waals surface area (Å²) in [5.74, 6) is -0.00871. The first-order valence-corrected chi connectivity index (χ1v) is 22.8. The van der Waals surface area contributed by atoms with Gasteiger partial charge in [0.2, 0.25) is 17.8 Å². The van der Waals surface area contributed by atoms with E-state index in [0.29, 0.717) is 40.3 Å². The second-order valence-corrected chi connectivity index (χ2v) is 18.3. The van der Waals surface area contributed by atoms with E-state index >= 15 is 0 Å². The van der Waals surface area contributed by atoms with E-state index < -0.39 is 23.8 Å². The summed E-state index contributed by atoms with van der Waals surface area (Å²) in [5, 5.41) is 26.1. The lowest BCUT2D eigenvalue weighted by atomic mass is 9.92. The maximum Gasteiger partial charge on any atom is 0.262 e. The number of piperidine rings is 2. The Balaban J connectivity index is 0.654. The number of hydrogen-bond acceptors (Lipinski definition) is 15. The Kier molecular flexibility index (Phi) is 10.4. The first-order chi connectivity index (χ1) is 32.0. The third-order valence-electron chi connectivity index (χ3n) is 14.5. The number of nitrogens with zero attached hydrogens (tertiary/aromatic N) is 12. The minimum atomic E-state index is -0.968. The molecule has 66 heavy (non-hydrogen) atoms. The molecule has 2 aromatic carbocycles. The average molecular weight is 894 g/mol. The molecule has 20 nitrogen and oxygen atoms in total. The molecule has 0 radical (unpaired) electrons. The van der Waals surface area contributed by atoms with Crippen LogP contribution in [-0.4, -0.2) is 158 Å². The monoisotopic (exact) mass is 893 g/mol. The number of amides is 5. The van der Waals surface area contributed by atoms with Gasteiger partial charge < -0.3 is 20.0 Å². The van der Waals surface area contributed by atoms with Gasteiger partial charge in [0.15, 0.2) is 0 Å². The molecule has 9 heterocycles. The molecule has 0 spiro atoms. The Bertz CT molecular complexity index is 2830. The Morgan fingerprint density at radius 3 is 2.45 bits per heavy atom. The zero-order chi connectivity index (χ0) is 45.4. The molecule has 6 aliphatic rings. The summed E-state index contributed by atoms with van der Waals surface area (Å²) < 4.78 is 1.65. The molecule has 3 N–H and O–H groups in total. The van der Waals surface area contributed by atoms with Gasteiger partial charge in [0.25, 0.3) is 17.7 Å². The summed E-state index contributed by atoms with van der Waals surface area (Å²) in [5.41, 5.74) is 6.18. The van der Waals surface area contributed by atoms with Crippen molar-refractivity contribution in [2.24, 2.45) is 5.92 Å². The molecule has 5 aromatic rings. The largest absolute Gasteiger partial charge is 0.371 e. The van der Waals surface area contributed by atoms with Crippen LogP contribution in [0.15, 0.2) is 66.0 Å². The zero-order valence-corrected chi connectivity index (χ0v) is 37.1. The second-order valence-electron chi connectivity index (χ2n) is 18.3. The van der Waals surface area contributed by atoms with Gasteiger partial charge in [0.05, 0.1) is 28.3 Å². The standard InChI is InChI=1S/C46H51N15O5/c1-26-40(27(2)61-46(55(26)3)52-53-54-61)43(64)48-30-4-7-36-35(21-30)41(51-50-36)29-10-13-47-38(20-29)58-18-16-56(17-19-58)23-28-24-59(25-28)31-11-14-57(15-12-31)32-5-6-33-34(22-32)45(66)60(44(33)65)37-8-9-39(62)49-42(37)63/h4-7,10,13,20-22,27-28,31,37H,8-9,11-12,14-19,23-25H2,1-3H3,(H,48,64)(H,50,51)(H,49,62,63). The van der Waals surface area contributed by atoms with Crippen molar-refractivity contribution >= 4 is 63.6 Å². The summed E-state index contributed by atoms with van der Waals surface area (Å²) in [6.07, 6.45) is 4.12.